The molecular formula is C11H16N2O2S. The first-order valence-electron chi connectivity index (χ1n) is 4.95. The van der Waals surface area contributed by atoms with Crippen LogP contribution in [-0.2, 0) is 15.6 Å². The van der Waals surface area contributed by atoms with Crippen LogP contribution < -0.4 is 11.5 Å². The van der Waals surface area contributed by atoms with E-state index in [0.717, 1.165) is 5.56 Å². The number of hydrogen-bond donors (Lipinski definition) is 2. The lowest BCUT2D eigenvalue weighted by Gasteiger charge is -2.09. The number of hydrogen-bond acceptors (Lipinski definition) is 3. The molecule has 1 amide bonds. The molecule has 1 aromatic rings. The number of carbonyl (C=O) groups excluding carboxylic acids is 1. The van der Waals surface area contributed by atoms with E-state index < -0.39 is 22.6 Å². The first-order valence-corrected chi connectivity index (χ1v) is 6.27. The van der Waals surface area contributed by atoms with Crippen molar-refractivity contribution in [2.75, 3.05) is 11.5 Å². The van der Waals surface area contributed by atoms with E-state index >= 15 is 0 Å². The van der Waals surface area contributed by atoms with E-state index in [1.54, 1.807) is 19.1 Å². The van der Waals surface area contributed by atoms with Crippen molar-refractivity contribution in [2.24, 2.45) is 11.7 Å². The van der Waals surface area contributed by atoms with Crippen molar-refractivity contribution in [2.45, 2.75) is 18.7 Å². The average molecular weight is 240 g/mol. The Balaban J connectivity index is 2.88. The van der Waals surface area contributed by atoms with Gasteiger partial charge in [-0.15, -0.1) is 0 Å². The fourth-order valence-corrected chi connectivity index (χ4v) is 2.75. The molecule has 4 nitrogen and oxygen atoms in total. The van der Waals surface area contributed by atoms with E-state index in [1.807, 2.05) is 13.0 Å². The topological polar surface area (TPSA) is 86.2 Å². The number of nitrogens with two attached hydrogens (primary N) is 2. The van der Waals surface area contributed by atoms with Crippen molar-refractivity contribution in [3.05, 3.63) is 23.8 Å². The normalized spacial score (nSPS) is 14.4. The second-order valence-electron chi connectivity index (χ2n) is 3.84. The molecule has 0 heterocycles. The number of anilines is 1. The molecule has 0 aliphatic carbocycles. The molecule has 88 valence electrons. The van der Waals surface area contributed by atoms with Gasteiger partial charge in [0.2, 0.25) is 5.91 Å². The van der Waals surface area contributed by atoms with Gasteiger partial charge in [-0.2, -0.15) is 0 Å². The van der Waals surface area contributed by atoms with Gasteiger partial charge in [0, 0.05) is 22.3 Å². The van der Waals surface area contributed by atoms with Crippen LogP contribution in [0.1, 0.15) is 12.5 Å². The van der Waals surface area contributed by atoms with E-state index in [0.29, 0.717) is 10.6 Å². The highest BCUT2D eigenvalue weighted by Crippen LogP contribution is 2.18. The third-order valence-corrected chi connectivity index (χ3v) is 4.08. The number of rotatable bonds is 4. The van der Waals surface area contributed by atoms with Crippen LogP contribution in [0.25, 0.3) is 0 Å². The summed E-state index contributed by atoms with van der Waals surface area (Å²) in [5.74, 6) is -0.601. The molecular weight excluding hydrogens is 224 g/mol. The lowest BCUT2D eigenvalue weighted by atomic mass is 10.2. The Morgan fingerprint density at radius 2 is 2.12 bits per heavy atom. The van der Waals surface area contributed by atoms with Gasteiger partial charge in [-0.05, 0) is 24.6 Å². The highest BCUT2D eigenvalue weighted by molar-refractivity contribution is 7.85. The summed E-state index contributed by atoms with van der Waals surface area (Å²) in [6.07, 6.45) is 0. The summed E-state index contributed by atoms with van der Waals surface area (Å²) in [4.78, 5) is 11.6. The second kappa shape index (κ2) is 5.12. The van der Waals surface area contributed by atoms with E-state index in [4.69, 9.17) is 11.5 Å². The number of carbonyl (C=O) groups is 1. The Labute approximate surface area is 97.5 Å². The highest BCUT2D eigenvalue weighted by Gasteiger charge is 2.15. The van der Waals surface area contributed by atoms with Crippen molar-refractivity contribution in [3.8, 4) is 0 Å². The molecule has 0 aromatic heterocycles. The third kappa shape index (κ3) is 3.06. The number of benzene rings is 1. The largest absolute Gasteiger partial charge is 0.399 e. The van der Waals surface area contributed by atoms with Crippen LogP contribution in [0.5, 0.6) is 0 Å². The molecule has 4 N–H and O–H groups in total. The number of primary amides is 1. The lowest BCUT2D eigenvalue weighted by molar-refractivity contribution is -0.120. The summed E-state index contributed by atoms with van der Waals surface area (Å²) in [7, 11) is -1.24. The van der Waals surface area contributed by atoms with Gasteiger partial charge >= 0.3 is 0 Å². The molecule has 0 bridgehead atoms. The van der Waals surface area contributed by atoms with E-state index in [1.165, 1.54) is 0 Å². The fourth-order valence-electron chi connectivity index (χ4n) is 1.26. The first kappa shape index (κ1) is 12.7. The molecule has 1 aromatic carbocycles. The Morgan fingerprint density at radius 3 is 2.69 bits per heavy atom. The number of nitrogen functional groups attached to an aromatic ring is 1. The summed E-state index contributed by atoms with van der Waals surface area (Å²) in [5, 5.41) is 0. The van der Waals surface area contributed by atoms with Gasteiger partial charge in [-0.25, -0.2) is 0 Å². The van der Waals surface area contributed by atoms with Crippen LogP contribution in [0.4, 0.5) is 5.69 Å². The number of aryl methyl sites for hydroxylation is 1. The van der Waals surface area contributed by atoms with Gasteiger partial charge in [-0.1, -0.05) is 13.0 Å². The Bertz CT molecular complexity index is 432. The molecule has 0 fully saturated rings. The molecule has 0 aliphatic heterocycles. The highest BCUT2D eigenvalue weighted by atomic mass is 32.2. The van der Waals surface area contributed by atoms with Crippen molar-refractivity contribution in [3.63, 3.8) is 0 Å². The standard InChI is InChI=1S/C11H16N2O2S/c1-7-3-4-9(12)5-10(7)16(15)6-8(2)11(13)14/h3-5,8H,6,12H2,1-2H3,(H2,13,14). The monoisotopic (exact) mass is 240 g/mol. The Kier molecular flexibility index (Phi) is 4.06. The molecule has 2 atom stereocenters. The van der Waals surface area contributed by atoms with Crippen LogP contribution >= 0.6 is 0 Å². The van der Waals surface area contributed by atoms with E-state index in [2.05, 4.69) is 0 Å². The average Bonchev–Trinajstić information content (AvgIpc) is 2.21. The minimum absolute atomic E-state index is 0.236. The van der Waals surface area contributed by atoms with E-state index in [-0.39, 0.29) is 5.75 Å². The second-order valence-corrected chi connectivity index (χ2v) is 5.30. The molecule has 0 aliphatic rings. The summed E-state index contributed by atoms with van der Waals surface area (Å²) in [5.41, 5.74) is 12.2. The molecule has 16 heavy (non-hydrogen) atoms. The van der Waals surface area contributed by atoms with Crippen LogP contribution in [0.15, 0.2) is 23.1 Å². The van der Waals surface area contributed by atoms with Crippen LogP contribution in [0, 0.1) is 12.8 Å². The van der Waals surface area contributed by atoms with E-state index in [9.17, 15) is 9.00 Å². The lowest BCUT2D eigenvalue weighted by Crippen LogP contribution is -2.25. The molecule has 2 unspecified atom stereocenters. The molecule has 0 saturated carbocycles. The zero-order valence-electron chi connectivity index (χ0n) is 9.40. The van der Waals surface area contributed by atoms with Gasteiger partial charge in [-0.3, -0.25) is 9.00 Å². The quantitative estimate of drug-likeness (QED) is 0.763. The SMILES string of the molecule is Cc1ccc(N)cc1S(=O)CC(C)C(N)=O. The summed E-state index contributed by atoms with van der Waals surface area (Å²) >= 11 is 0. The van der Waals surface area contributed by atoms with Gasteiger partial charge in [0.1, 0.15) is 0 Å². The van der Waals surface area contributed by atoms with Crippen molar-refractivity contribution in [1.82, 2.24) is 0 Å². The maximum absolute atomic E-state index is 12.0. The maximum atomic E-state index is 12.0. The van der Waals surface area contributed by atoms with Gasteiger partial charge in [0.05, 0.1) is 10.8 Å². The smallest absolute Gasteiger partial charge is 0.221 e. The Hall–Kier alpha value is -1.36. The summed E-state index contributed by atoms with van der Waals surface area (Å²) in [6.45, 7) is 3.53. The zero-order chi connectivity index (χ0) is 12.3. The summed E-state index contributed by atoms with van der Waals surface area (Å²) < 4.78 is 12.0. The molecule has 5 heteroatoms. The van der Waals surface area contributed by atoms with Crippen LogP contribution in [-0.4, -0.2) is 15.9 Å². The molecule has 0 saturated heterocycles. The predicted molar refractivity (Wildman–Crippen MR) is 65.2 cm³/mol. The minimum Gasteiger partial charge on any atom is -0.399 e. The zero-order valence-corrected chi connectivity index (χ0v) is 10.2. The molecule has 1 rings (SSSR count). The van der Waals surface area contributed by atoms with Crippen molar-refractivity contribution < 1.29 is 9.00 Å². The van der Waals surface area contributed by atoms with Crippen molar-refractivity contribution >= 4 is 22.4 Å². The minimum atomic E-state index is -1.24. The fraction of sp³-hybridized carbons (Fsp3) is 0.364. The van der Waals surface area contributed by atoms with Gasteiger partial charge in [0.25, 0.3) is 0 Å². The van der Waals surface area contributed by atoms with Crippen LogP contribution in [0.3, 0.4) is 0 Å². The van der Waals surface area contributed by atoms with Crippen LogP contribution in [0.2, 0.25) is 0 Å². The van der Waals surface area contributed by atoms with Gasteiger partial charge in [0.15, 0.2) is 0 Å². The molecule has 0 spiro atoms. The predicted octanol–water partition coefficient (Wildman–Crippen LogP) is 0.806. The van der Waals surface area contributed by atoms with Gasteiger partial charge < -0.3 is 11.5 Å². The summed E-state index contributed by atoms with van der Waals surface area (Å²) in [6, 6.07) is 5.25. The molecule has 0 radical (unpaired) electrons. The van der Waals surface area contributed by atoms with Crippen molar-refractivity contribution in [1.29, 1.82) is 0 Å². The maximum Gasteiger partial charge on any atom is 0.221 e. The Morgan fingerprint density at radius 1 is 1.50 bits per heavy atom. The third-order valence-electron chi connectivity index (χ3n) is 2.34. The first-order chi connectivity index (χ1) is 7.41. The number of amides is 1.